The maximum atomic E-state index is 13.7. The fourth-order valence-corrected chi connectivity index (χ4v) is 1.89. The lowest BCUT2D eigenvalue weighted by Gasteiger charge is -2.08. The minimum Gasteiger partial charge on any atom is -0.436 e. The summed E-state index contributed by atoms with van der Waals surface area (Å²) in [5, 5.41) is 0.460. The molecule has 1 aromatic carbocycles. The highest BCUT2D eigenvalue weighted by Gasteiger charge is 2.09. The van der Waals surface area contributed by atoms with Crippen LogP contribution in [-0.4, -0.2) is 4.98 Å². The molecule has 1 aromatic heterocycles. The molecule has 0 fully saturated rings. The van der Waals surface area contributed by atoms with E-state index in [0.29, 0.717) is 16.1 Å². The number of aryl methyl sites for hydroxylation is 1. The molecule has 0 aliphatic carbocycles. The van der Waals surface area contributed by atoms with Crippen LogP contribution in [0.4, 0.5) is 4.39 Å². The number of nitrogens with zero attached hydrogens (tertiary/aromatic N) is 1. The molecular formula is C13H10Cl2FNO. The molecule has 2 nitrogen and oxygen atoms in total. The van der Waals surface area contributed by atoms with Gasteiger partial charge in [-0.2, -0.15) is 0 Å². The molecule has 1 heterocycles. The molecule has 0 atom stereocenters. The topological polar surface area (TPSA) is 22.1 Å². The van der Waals surface area contributed by atoms with E-state index in [1.807, 2.05) is 0 Å². The first kappa shape index (κ1) is 13.1. The van der Waals surface area contributed by atoms with Gasteiger partial charge in [-0.1, -0.05) is 23.7 Å². The summed E-state index contributed by atoms with van der Waals surface area (Å²) in [7, 11) is 0. The lowest BCUT2D eigenvalue weighted by molar-refractivity contribution is 0.425. The largest absolute Gasteiger partial charge is 0.436 e. The molecular weight excluding hydrogens is 276 g/mol. The van der Waals surface area contributed by atoms with E-state index in [0.717, 1.165) is 0 Å². The Labute approximate surface area is 114 Å². The second-order valence-corrected chi connectivity index (χ2v) is 4.41. The van der Waals surface area contributed by atoms with Crippen molar-refractivity contribution in [3.05, 3.63) is 52.4 Å². The van der Waals surface area contributed by atoms with E-state index >= 15 is 0 Å². The Morgan fingerprint density at radius 3 is 2.89 bits per heavy atom. The van der Waals surface area contributed by atoms with Gasteiger partial charge in [-0.15, -0.1) is 11.6 Å². The molecule has 2 aromatic rings. The minimum atomic E-state index is -0.401. The number of benzene rings is 1. The molecule has 0 N–H and O–H groups in total. The zero-order chi connectivity index (χ0) is 13.1. The average Bonchev–Trinajstić information content (AvgIpc) is 2.37. The molecule has 0 radical (unpaired) electrons. The summed E-state index contributed by atoms with van der Waals surface area (Å²) in [6.07, 6.45) is 1.43. The Morgan fingerprint density at radius 1 is 1.39 bits per heavy atom. The van der Waals surface area contributed by atoms with Crippen LogP contribution in [0.2, 0.25) is 5.02 Å². The molecule has 0 unspecified atom stereocenters. The van der Waals surface area contributed by atoms with Crippen LogP contribution < -0.4 is 4.74 Å². The van der Waals surface area contributed by atoms with Gasteiger partial charge in [-0.3, -0.25) is 0 Å². The van der Waals surface area contributed by atoms with Gasteiger partial charge in [0.15, 0.2) is 11.6 Å². The first-order chi connectivity index (χ1) is 8.61. The van der Waals surface area contributed by atoms with E-state index in [1.165, 1.54) is 6.20 Å². The van der Waals surface area contributed by atoms with Gasteiger partial charge in [0.2, 0.25) is 5.88 Å². The highest BCUT2D eigenvalue weighted by atomic mass is 35.5. The number of hydrogen-bond acceptors (Lipinski definition) is 2. The fraction of sp³-hybridized carbons (Fsp3) is 0.154. The fourth-order valence-electron chi connectivity index (χ4n) is 1.43. The summed E-state index contributed by atoms with van der Waals surface area (Å²) in [5.41, 5.74) is 1.20. The van der Waals surface area contributed by atoms with Crippen molar-refractivity contribution in [3.63, 3.8) is 0 Å². The van der Waals surface area contributed by atoms with Crippen molar-refractivity contribution >= 4 is 23.2 Å². The number of ether oxygens (including phenoxy) is 1. The van der Waals surface area contributed by atoms with Crippen molar-refractivity contribution in [2.24, 2.45) is 0 Å². The summed E-state index contributed by atoms with van der Waals surface area (Å²) < 4.78 is 19.1. The highest BCUT2D eigenvalue weighted by molar-refractivity contribution is 6.32. The maximum absolute atomic E-state index is 13.7. The van der Waals surface area contributed by atoms with Crippen molar-refractivity contribution in [3.8, 4) is 11.6 Å². The number of halogens is 3. The minimum absolute atomic E-state index is 0.130. The maximum Gasteiger partial charge on any atom is 0.219 e. The molecule has 2 rings (SSSR count). The van der Waals surface area contributed by atoms with Crippen molar-refractivity contribution in [1.82, 2.24) is 4.98 Å². The number of pyridine rings is 1. The smallest absolute Gasteiger partial charge is 0.219 e. The average molecular weight is 286 g/mol. The molecule has 0 saturated carbocycles. The van der Waals surface area contributed by atoms with Crippen LogP contribution in [0.25, 0.3) is 0 Å². The van der Waals surface area contributed by atoms with Gasteiger partial charge in [0, 0.05) is 18.1 Å². The number of rotatable bonds is 3. The molecule has 0 aliphatic heterocycles. The summed E-state index contributed by atoms with van der Waals surface area (Å²) in [6, 6.07) is 6.52. The number of alkyl halides is 1. The van der Waals surface area contributed by atoms with Crippen LogP contribution in [0.15, 0.2) is 30.5 Å². The summed E-state index contributed by atoms with van der Waals surface area (Å²) in [5.74, 6) is 0.236. The normalized spacial score (nSPS) is 10.4. The van der Waals surface area contributed by atoms with E-state index in [1.54, 1.807) is 31.2 Å². The first-order valence-corrected chi connectivity index (χ1v) is 6.16. The lowest BCUT2D eigenvalue weighted by Crippen LogP contribution is -1.94. The molecule has 0 spiro atoms. The summed E-state index contributed by atoms with van der Waals surface area (Å²) in [4.78, 5) is 3.97. The zero-order valence-corrected chi connectivity index (χ0v) is 11.1. The Morgan fingerprint density at radius 2 is 2.17 bits per heavy atom. The quantitative estimate of drug-likeness (QED) is 0.762. The monoisotopic (exact) mass is 285 g/mol. The Bertz CT molecular complexity index is 575. The predicted octanol–water partition coefficient (Wildman–Crippen LogP) is 4.71. The van der Waals surface area contributed by atoms with Gasteiger partial charge in [0.05, 0.1) is 5.02 Å². The zero-order valence-electron chi connectivity index (χ0n) is 9.58. The lowest BCUT2D eigenvalue weighted by atomic mass is 10.2. The Balaban J connectivity index is 2.31. The van der Waals surface area contributed by atoms with Crippen LogP contribution in [0.3, 0.4) is 0 Å². The molecule has 5 heteroatoms. The second-order valence-electron chi connectivity index (χ2n) is 3.74. The van der Waals surface area contributed by atoms with Crippen LogP contribution in [0.5, 0.6) is 11.6 Å². The molecule has 94 valence electrons. The van der Waals surface area contributed by atoms with Crippen LogP contribution >= 0.6 is 23.2 Å². The van der Waals surface area contributed by atoms with Gasteiger partial charge in [0.25, 0.3) is 0 Å². The van der Waals surface area contributed by atoms with Gasteiger partial charge in [0.1, 0.15) is 0 Å². The van der Waals surface area contributed by atoms with E-state index in [2.05, 4.69) is 4.98 Å². The van der Waals surface area contributed by atoms with Crippen molar-refractivity contribution in [1.29, 1.82) is 0 Å². The number of aromatic nitrogens is 1. The van der Waals surface area contributed by atoms with E-state index in [9.17, 15) is 4.39 Å². The van der Waals surface area contributed by atoms with Crippen LogP contribution in [-0.2, 0) is 5.88 Å². The van der Waals surface area contributed by atoms with Gasteiger partial charge >= 0.3 is 0 Å². The van der Waals surface area contributed by atoms with Crippen molar-refractivity contribution in [2.75, 3.05) is 0 Å². The predicted molar refractivity (Wildman–Crippen MR) is 70.0 cm³/mol. The third-order valence-corrected chi connectivity index (χ3v) is 3.05. The summed E-state index contributed by atoms with van der Waals surface area (Å²) >= 11 is 11.6. The SMILES string of the molecule is Cc1cccc(Oc2cc(CCl)c(Cl)cn2)c1F. The molecule has 0 saturated heterocycles. The molecule has 0 amide bonds. The number of hydrogen-bond donors (Lipinski definition) is 0. The standard InChI is InChI=1S/C13H10Cl2FNO/c1-8-3-2-4-11(13(8)16)18-12-5-9(6-14)10(15)7-17-12/h2-5,7H,6H2,1H3. The van der Waals surface area contributed by atoms with Crippen molar-refractivity contribution < 1.29 is 9.13 Å². The molecule has 0 bridgehead atoms. The van der Waals surface area contributed by atoms with E-state index in [4.69, 9.17) is 27.9 Å². The van der Waals surface area contributed by atoms with Crippen LogP contribution in [0.1, 0.15) is 11.1 Å². The Hall–Kier alpha value is -1.32. The van der Waals surface area contributed by atoms with E-state index < -0.39 is 5.82 Å². The second kappa shape index (κ2) is 5.55. The molecule has 0 aliphatic rings. The van der Waals surface area contributed by atoms with Gasteiger partial charge in [-0.05, 0) is 24.1 Å². The van der Waals surface area contributed by atoms with Crippen LogP contribution in [0, 0.1) is 12.7 Å². The van der Waals surface area contributed by atoms with Gasteiger partial charge < -0.3 is 4.74 Å². The first-order valence-electron chi connectivity index (χ1n) is 5.25. The highest BCUT2D eigenvalue weighted by Crippen LogP contribution is 2.27. The third kappa shape index (κ3) is 2.74. The molecule has 18 heavy (non-hydrogen) atoms. The third-order valence-electron chi connectivity index (χ3n) is 2.42. The van der Waals surface area contributed by atoms with Crippen molar-refractivity contribution in [2.45, 2.75) is 12.8 Å². The van der Waals surface area contributed by atoms with Gasteiger partial charge in [-0.25, -0.2) is 9.37 Å². The summed E-state index contributed by atoms with van der Waals surface area (Å²) in [6.45, 7) is 1.67. The van der Waals surface area contributed by atoms with E-state index in [-0.39, 0.29) is 17.5 Å². The Kier molecular flexibility index (Phi) is 4.04.